The van der Waals surface area contributed by atoms with E-state index in [-0.39, 0.29) is 18.9 Å². The molecule has 1 amide bonds. The van der Waals surface area contributed by atoms with Gasteiger partial charge in [0.1, 0.15) is 12.4 Å². The molecule has 0 spiro atoms. The minimum atomic E-state index is -3.26. The van der Waals surface area contributed by atoms with Crippen molar-refractivity contribution >= 4 is 22.4 Å². The average Bonchev–Trinajstić information content (AvgIpc) is 2.98. The minimum Gasteiger partial charge on any atom is -0.491 e. The number of rotatable bonds is 2. The van der Waals surface area contributed by atoms with Crippen LogP contribution in [0.5, 0.6) is 5.75 Å². The maximum Gasteiger partial charge on any atom is 0.290 e. The molecule has 0 saturated carbocycles. The average molecular weight is 422 g/mol. The van der Waals surface area contributed by atoms with E-state index in [1.165, 1.54) is 10.6 Å². The molecule has 1 aromatic carbocycles. The molecule has 0 atom stereocenters. The van der Waals surface area contributed by atoms with Gasteiger partial charge in [-0.2, -0.15) is 9.40 Å². The number of hydrogen-bond donors (Lipinski definition) is 2. The van der Waals surface area contributed by atoms with E-state index < -0.39 is 10.0 Å². The van der Waals surface area contributed by atoms with Crippen molar-refractivity contribution in [1.82, 2.24) is 19.4 Å². The van der Waals surface area contributed by atoms with Crippen LogP contribution in [0.4, 0.5) is 0 Å². The van der Waals surface area contributed by atoms with E-state index in [4.69, 9.17) is 14.6 Å². The SMILES string of the molecule is CS(=O)(=O)N1CCc2c(C(=O)N3CCOc4ccccc4C3)n[nH]c2C1.O=CO. The van der Waals surface area contributed by atoms with Crippen molar-refractivity contribution < 1.29 is 27.9 Å². The molecule has 0 unspecified atom stereocenters. The number of aromatic nitrogens is 2. The van der Waals surface area contributed by atoms with Crippen molar-refractivity contribution in [3.05, 3.63) is 46.8 Å². The van der Waals surface area contributed by atoms with Gasteiger partial charge in [-0.1, -0.05) is 18.2 Å². The lowest BCUT2D eigenvalue weighted by Crippen LogP contribution is -2.36. The van der Waals surface area contributed by atoms with Crippen LogP contribution in [0.25, 0.3) is 0 Å². The number of nitrogens with one attached hydrogen (secondary N) is 1. The van der Waals surface area contributed by atoms with Gasteiger partial charge in [0.15, 0.2) is 5.69 Å². The van der Waals surface area contributed by atoms with Crippen LogP contribution in [0.3, 0.4) is 0 Å². The Morgan fingerprint density at radius 3 is 2.72 bits per heavy atom. The third-order valence-electron chi connectivity index (χ3n) is 4.81. The standard InChI is InChI=1S/C17H20N4O4S.CH2O2/c1-26(23,24)21-7-6-13-14(11-21)18-19-16(13)17(22)20-8-9-25-15-5-3-2-4-12(15)10-20;2-1-3/h2-5H,6-11H2,1H3,(H,18,19);1H,(H,2,3). The molecule has 0 bridgehead atoms. The van der Waals surface area contributed by atoms with Gasteiger partial charge in [0, 0.05) is 24.2 Å². The van der Waals surface area contributed by atoms with Gasteiger partial charge in [0.25, 0.3) is 12.4 Å². The molecule has 0 saturated heterocycles. The van der Waals surface area contributed by atoms with E-state index in [1.54, 1.807) is 4.90 Å². The number of sulfonamides is 1. The molecule has 3 heterocycles. The van der Waals surface area contributed by atoms with Crippen LogP contribution in [-0.2, 0) is 34.3 Å². The number of aromatic amines is 1. The molecular weight excluding hydrogens is 400 g/mol. The Bertz CT molecular complexity index is 1000. The van der Waals surface area contributed by atoms with E-state index in [1.807, 2.05) is 24.3 Å². The number of amides is 1. The van der Waals surface area contributed by atoms with Gasteiger partial charge in [0.2, 0.25) is 10.0 Å². The number of fused-ring (bicyclic) bond motifs is 2. The van der Waals surface area contributed by atoms with Crippen LogP contribution in [0.2, 0.25) is 0 Å². The summed E-state index contributed by atoms with van der Waals surface area (Å²) in [4.78, 5) is 23.1. The Morgan fingerprint density at radius 1 is 1.28 bits per heavy atom. The van der Waals surface area contributed by atoms with E-state index >= 15 is 0 Å². The molecule has 1 aromatic heterocycles. The largest absolute Gasteiger partial charge is 0.491 e. The fourth-order valence-electron chi connectivity index (χ4n) is 3.40. The van der Waals surface area contributed by atoms with Crippen molar-refractivity contribution in [3.63, 3.8) is 0 Å². The highest BCUT2D eigenvalue weighted by Gasteiger charge is 2.31. The van der Waals surface area contributed by atoms with Crippen LogP contribution in [-0.4, -0.2) is 71.3 Å². The molecule has 2 aromatic rings. The fraction of sp³-hybridized carbons (Fsp3) is 0.389. The number of carbonyl (C=O) groups is 2. The quantitative estimate of drug-likeness (QED) is 0.672. The second-order valence-electron chi connectivity index (χ2n) is 6.66. The predicted octanol–water partition coefficient (Wildman–Crippen LogP) is 0.463. The first-order valence-electron chi connectivity index (χ1n) is 8.94. The maximum absolute atomic E-state index is 13.0. The minimum absolute atomic E-state index is 0.157. The second-order valence-corrected chi connectivity index (χ2v) is 8.65. The van der Waals surface area contributed by atoms with E-state index in [2.05, 4.69) is 10.2 Å². The first kappa shape index (κ1) is 20.8. The highest BCUT2D eigenvalue weighted by Crippen LogP contribution is 2.26. The Morgan fingerprint density at radius 2 is 2.00 bits per heavy atom. The summed E-state index contributed by atoms with van der Waals surface area (Å²) in [5, 5.41) is 13.9. The van der Waals surface area contributed by atoms with Crippen molar-refractivity contribution in [2.75, 3.05) is 26.0 Å². The van der Waals surface area contributed by atoms with E-state index in [0.717, 1.165) is 16.9 Å². The molecule has 29 heavy (non-hydrogen) atoms. The number of H-pyrrole nitrogens is 1. The van der Waals surface area contributed by atoms with Crippen LogP contribution in [0.1, 0.15) is 27.3 Å². The summed E-state index contributed by atoms with van der Waals surface area (Å²) in [5.74, 6) is 0.645. The molecule has 2 aliphatic rings. The molecule has 0 aliphatic carbocycles. The lowest BCUT2D eigenvalue weighted by molar-refractivity contribution is -0.122. The summed E-state index contributed by atoms with van der Waals surface area (Å²) >= 11 is 0. The number of carbonyl (C=O) groups excluding carboxylic acids is 1. The summed E-state index contributed by atoms with van der Waals surface area (Å²) in [6.45, 7) is 1.70. The van der Waals surface area contributed by atoms with Crippen molar-refractivity contribution in [2.45, 2.75) is 19.5 Å². The zero-order valence-corrected chi connectivity index (χ0v) is 16.7. The monoisotopic (exact) mass is 422 g/mol. The van der Waals surface area contributed by atoms with Crippen LogP contribution in [0.15, 0.2) is 24.3 Å². The molecule has 0 radical (unpaired) electrons. The number of ether oxygens (including phenoxy) is 1. The van der Waals surface area contributed by atoms with Gasteiger partial charge in [-0.25, -0.2) is 8.42 Å². The van der Waals surface area contributed by atoms with Crippen molar-refractivity contribution in [3.8, 4) is 5.75 Å². The Hall–Kier alpha value is -2.92. The van der Waals surface area contributed by atoms with Crippen molar-refractivity contribution in [1.29, 1.82) is 0 Å². The summed E-state index contributed by atoms with van der Waals surface area (Å²) in [5.41, 5.74) is 2.85. The summed E-state index contributed by atoms with van der Waals surface area (Å²) < 4.78 is 30.6. The summed E-state index contributed by atoms with van der Waals surface area (Å²) in [6, 6.07) is 7.69. The van der Waals surface area contributed by atoms with Gasteiger partial charge in [-0.15, -0.1) is 0 Å². The molecular formula is C18H22N4O6S. The Kier molecular flexibility index (Phi) is 6.18. The number of para-hydroxylation sites is 1. The number of carboxylic acid groups (broad SMARTS) is 1. The highest BCUT2D eigenvalue weighted by molar-refractivity contribution is 7.88. The van der Waals surface area contributed by atoms with Gasteiger partial charge in [0.05, 0.1) is 25.0 Å². The highest BCUT2D eigenvalue weighted by atomic mass is 32.2. The first-order chi connectivity index (χ1) is 13.8. The molecule has 10 nitrogen and oxygen atoms in total. The maximum atomic E-state index is 13.0. The topological polar surface area (TPSA) is 133 Å². The predicted molar refractivity (Wildman–Crippen MR) is 103 cm³/mol. The third kappa shape index (κ3) is 4.57. The van der Waals surface area contributed by atoms with Crippen LogP contribution < -0.4 is 4.74 Å². The lowest BCUT2D eigenvalue weighted by Gasteiger charge is -2.25. The number of benzene rings is 1. The smallest absolute Gasteiger partial charge is 0.290 e. The molecule has 11 heteroatoms. The van der Waals surface area contributed by atoms with Gasteiger partial charge in [-0.05, 0) is 12.5 Å². The van der Waals surface area contributed by atoms with E-state index in [9.17, 15) is 13.2 Å². The second kappa shape index (κ2) is 8.62. The molecule has 156 valence electrons. The Balaban J connectivity index is 0.000000755. The molecule has 2 N–H and O–H groups in total. The zero-order valence-electron chi connectivity index (χ0n) is 15.9. The van der Waals surface area contributed by atoms with Gasteiger partial charge < -0.3 is 14.7 Å². The summed E-state index contributed by atoms with van der Waals surface area (Å²) in [6.07, 6.45) is 1.66. The molecule has 2 aliphatic heterocycles. The van der Waals surface area contributed by atoms with E-state index in [0.29, 0.717) is 44.0 Å². The zero-order chi connectivity index (χ0) is 21.0. The number of nitrogens with zero attached hydrogens (tertiary/aromatic N) is 3. The van der Waals surface area contributed by atoms with Crippen LogP contribution >= 0.6 is 0 Å². The van der Waals surface area contributed by atoms with Gasteiger partial charge >= 0.3 is 0 Å². The first-order valence-corrected chi connectivity index (χ1v) is 10.8. The normalized spacial score (nSPS) is 16.4. The Labute approximate surface area is 168 Å². The number of hydrogen-bond acceptors (Lipinski definition) is 6. The summed E-state index contributed by atoms with van der Waals surface area (Å²) in [7, 11) is -3.26. The van der Waals surface area contributed by atoms with Crippen molar-refractivity contribution in [2.24, 2.45) is 0 Å². The van der Waals surface area contributed by atoms with Gasteiger partial charge in [-0.3, -0.25) is 14.7 Å². The third-order valence-corrected chi connectivity index (χ3v) is 6.06. The van der Waals surface area contributed by atoms with Crippen LogP contribution in [0, 0.1) is 0 Å². The molecule has 4 rings (SSSR count). The lowest BCUT2D eigenvalue weighted by atomic mass is 10.0. The molecule has 0 fully saturated rings. The fourth-order valence-corrected chi connectivity index (χ4v) is 4.19.